The number of carbonyl (C=O) groups is 1. The third-order valence-electron chi connectivity index (χ3n) is 2.80. The molecule has 5 heteroatoms. The average Bonchev–Trinajstić information content (AvgIpc) is 2.48. The molecule has 2 aromatic rings. The van der Waals surface area contributed by atoms with Crippen molar-refractivity contribution < 1.29 is 14.3 Å². The Labute approximate surface area is 122 Å². The van der Waals surface area contributed by atoms with Crippen molar-refractivity contribution >= 4 is 23.3 Å². The molecule has 0 spiro atoms. The molecule has 0 heterocycles. The second kappa shape index (κ2) is 6.30. The van der Waals surface area contributed by atoms with Crippen LogP contribution in [0.1, 0.15) is 15.9 Å². The zero-order chi connectivity index (χ0) is 14.5. The van der Waals surface area contributed by atoms with E-state index in [4.69, 9.17) is 26.8 Å². The molecule has 0 radical (unpaired) electrons. The number of nitrogens with two attached hydrogens (primary N) is 1. The summed E-state index contributed by atoms with van der Waals surface area (Å²) < 4.78 is 10.4. The monoisotopic (exact) mass is 291 g/mol. The second-order valence-electron chi connectivity index (χ2n) is 4.10. The summed E-state index contributed by atoms with van der Waals surface area (Å²) in [6.07, 6.45) is 0. The highest BCUT2D eigenvalue weighted by atomic mass is 35.5. The molecule has 0 aromatic heterocycles. The molecule has 0 aliphatic carbocycles. The van der Waals surface area contributed by atoms with Crippen molar-refractivity contribution in [3.05, 3.63) is 58.6 Å². The Morgan fingerprint density at radius 1 is 1.20 bits per heavy atom. The first-order valence-corrected chi connectivity index (χ1v) is 6.34. The second-order valence-corrected chi connectivity index (χ2v) is 4.47. The minimum atomic E-state index is -0.520. The Bertz CT molecular complexity index is 628. The van der Waals surface area contributed by atoms with Crippen LogP contribution in [0.15, 0.2) is 42.5 Å². The van der Waals surface area contributed by atoms with Crippen molar-refractivity contribution in [1.29, 1.82) is 0 Å². The van der Waals surface area contributed by atoms with Gasteiger partial charge in [0.2, 0.25) is 0 Å². The highest BCUT2D eigenvalue weighted by Crippen LogP contribution is 2.24. The van der Waals surface area contributed by atoms with E-state index in [9.17, 15) is 4.79 Å². The molecule has 0 bridgehead atoms. The van der Waals surface area contributed by atoms with Crippen LogP contribution in [0, 0.1) is 0 Å². The third-order valence-corrected chi connectivity index (χ3v) is 3.22. The quantitative estimate of drug-likeness (QED) is 0.693. The number of para-hydroxylation sites is 1. The first-order valence-electron chi connectivity index (χ1n) is 5.96. The average molecular weight is 292 g/mol. The van der Waals surface area contributed by atoms with Gasteiger partial charge in [0.15, 0.2) is 0 Å². The van der Waals surface area contributed by atoms with Crippen molar-refractivity contribution in [3.8, 4) is 5.75 Å². The number of esters is 1. The number of methoxy groups -OCH3 is 1. The fraction of sp³-hybridized carbons (Fsp3) is 0.133. The summed E-state index contributed by atoms with van der Waals surface area (Å²) in [5.41, 5.74) is 7.03. The van der Waals surface area contributed by atoms with E-state index in [0.717, 1.165) is 5.56 Å². The molecule has 20 heavy (non-hydrogen) atoms. The SMILES string of the molecule is COc1ccccc1COC(=O)c1cccc(N)c1Cl. The summed E-state index contributed by atoms with van der Waals surface area (Å²) in [6.45, 7) is 0.105. The van der Waals surface area contributed by atoms with E-state index in [1.54, 1.807) is 31.4 Å². The Morgan fingerprint density at radius 2 is 1.95 bits per heavy atom. The normalized spacial score (nSPS) is 10.1. The minimum Gasteiger partial charge on any atom is -0.496 e. The van der Waals surface area contributed by atoms with Gasteiger partial charge in [-0.1, -0.05) is 35.9 Å². The first kappa shape index (κ1) is 14.2. The van der Waals surface area contributed by atoms with Crippen molar-refractivity contribution in [3.63, 3.8) is 0 Å². The maximum absolute atomic E-state index is 12.0. The molecule has 104 valence electrons. The van der Waals surface area contributed by atoms with E-state index >= 15 is 0 Å². The van der Waals surface area contributed by atoms with E-state index in [0.29, 0.717) is 11.4 Å². The van der Waals surface area contributed by atoms with Crippen LogP contribution in [0.2, 0.25) is 5.02 Å². The first-order chi connectivity index (χ1) is 9.63. The number of anilines is 1. The van der Waals surface area contributed by atoms with Crippen molar-refractivity contribution in [2.75, 3.05) is 12.8 Å². The summed E-state index contributed by atoms with van der Waals surface area (Å²) >= 11 is 5.98. The van der Waals surface area contributed by atoms with Gasteiger partial charge in [-0.25, -0.2) is 4.79 Å². The highest BCUT2D eigenvalue weighted by molar-refractivity contribution is 6.36. The maximum Gasteiger partial charge on any atom is 0.340 e. The van der Waals surface area contributed by atoms with Crippen LogP contribution in [0.4, 0.5) is 5.69 Å². The lowest BCUT2D eigenvalue weighted by Crippen LogP contribution is -2.07. The number of hydrogen-bond acceptors (Lipinski definition) is 4. The number of benzene rings is 2. The number of carbonyl (C=O) groups excluding carboxylic acids is 1. The third kappa shape index (κ3) is 3.03. The van der Waals surface area contributed by atoms with Crippen LogP contribution in [0.3, 0.4) is 0 Å². The molecule has 0 saturated carbocycles. The molecule has 0 fully saturated rings. The van der Waals surface area contributed by atoms with E-state index in [1.165, 1.54) is 0 Å². The van der Waals surface area contributed by atoms with Gasteiger partial charge in [-0.15, -0.1) is 0 Å². The van der Waals surface area contributed by atoms with Gasteiger partial charge in [-0.05, 0) is 18.2 Å². The lowest BCUT2D eigenvalue weighted by Gasteiger charge is -2.10. The topological polar surface area (TPSA) is 61.5 Å². The van der Waals surface area contributed by atoms with Gasteiger partial charge < -0.3 is 15.2 Å². The molecule has 0 unspecified atom stereocenters. The maximum atomic E-state index is 12.0. The fourth-order valence-electron chi connectivity index (χ4n) is 1.75. The van der Waals surface area contributed by atoms with Crippen LogP contribution in [0.5, 0.6) is 5.75 Å². The van der Waals surface area contributed by atoms with E-state index in [-0.39, 0.29) is 17.2 Å². The van der Waals surface area contributed by atoms with E-state index < -0.39 is 5.97 Å². The Balaban J connectivity index is 2.11. The number of halogens is 1. The molecule has 2 N–H and O–H groups in total. The van der Waals surface area contributed by atoms with E-state index in [2.05, 4.69) is 0 Å². The summed E-state index contributed by atoms with van der Waals surface area (Å²) in [6, 6.07) is 12.2. The van der Waals surface area contributed by atoms with Gasteiger partial charge in [0.05, 0.1) is 23.4 Å². The molecular weight excluding hydrogens is 278 g/mol. The Morgan fingerprint density at radius 3 is 2.70 bits per heavy atom. The van der Waals surface area contributed by atoms with Gasteiger partial charge in [0.1, 0.15) is 12.4 Å². The highest BCUT2D eigenvalue weighted by Gasteiger charge is 2.14. The summed E-state index contributed by atoms with van der Waals surface area (Å²) in [7, 11) is 1.56. The van der Waals surface area contributed by atoms with Gasteiger partial charge in [0.25, 0.3) is 0 Å². The van der Waals surface area contributed by atoms with Crippen LogP contribution in [0.25, 0.3) is 0 Å². The molecule has 4 nitrogen and oxygen atoms in total. The van der Waals surface area contributed by atoms with Gasteiger partial charge >= 0.3 is 5.97 Å². The molecule has 2 aromatic carbocycles. The summed E-state index contributed by atoms with van der Waals surface area (Å²) in [5, 5.41) is 0.206. The van der Waals surface area contributed by atoms with Crippen molar-refractivity contribution in [1.82, 2.24) is 0 Å². The zero-order valence-corrected chi connectivity index (χ0v) is 11.7. The summed E-state index contributed by atoms with van der Waals surface area (Å²) in [4.78, 5) is 12.0. The van der Waals surface area contributed by atoms with Gasteiger partial charge in [-0.3, -0.25) is 0 Å². The molecule has 0 amide bonds. The molecule has 0 atom stereocenters. The smallest absolute Gasteiger partial charge is 0.340 e. The van der Waals surface area contributed by atoms with Crippen LogP contribution in [-0.4, -0.2) is 13.1 Å². The number of ether oxygens (including phenoxy) is 2. The number of hydrogen-bond donors (Lipinski definition) is 1. The lowest BCUT2D eigenvalue weighted by atomic mass is 10.2. The minimum absolute atomic E-state index is 0.105. The fourth-order valence-corrected chi connectivity index (χ4v) is 1.95. The molecule has 0 aliphatic heterocycles. The largest absolute Gasteiger partial charge is 0.496 e. The van der Waals surface area contributed by atoms with Crippen LogP contribution >= 0.6 is 11.6 Å². The van der Waals surface area contributed by atoms with Crippen molar-refractivity contribution in [2.45, 2.75) is 6.61 Å². The Kier molecular flexibility index (Phi) is 4.48. The Hall–Kier alpha value is -2.20. The molecule has 0 saturated heterocycles. The standard InChI is InChI=1S/C15H14ClNO3/c1-19-13-8-3-2-5-10(13)9-20-15(18)11-6-4-7-12(17)14(11)16/h2-8H,9,17H2,1H3. The van der Waals surface area contributed by atoms with Gasteiger partial charge in [0, 0.05) is 5.56 Å². The molecule has 2 rings (SSSR count). The molecule has 0 aliphatic rings. The predicted molar refractivity (Wildman–Crippen MR) is 78.0 cm³/mol. The van der Waals surface area contributed by atoms with Crippen molar-refractivity contribution in [2.24, 2.45) is 0 Å². The molecular formula is C15H14ClNO3. The number of rotatable bonds is 4. The van der Waals surface area contributed by atoms with E-state index in [1.807, 2.05) is 18.2 Å². The lowest BCUT2D eigenvalue weighted by molar-refractivity contribution is 0.0470. The summed E-state index contributed by atoms with van der Waals surface area (Å²) in [5.74, 6) is 0.146. The van der Waals surface area contributed by atoms with Crippen LogP contribution < -0.4 is 10.5 Å². The van der Waals surface area contributed by atoms with Gasteiger partial charge in [-0.2, -0.15) is 0 Å². The predicted octanol–water partition coefficient (Wildman–Crippen LogP) is 3.29. The zero-order valence-electron chi connectivity index (χ0n) is 10.9. The number of nitrogen functional groups attached to an aromatic ring is 1. The van der Waals surface area contributed by atoms with Crippen LogP contribution in [-0.2, 0) is 11.3 Å².